The Kier molecular flexibility index (Phi) is 4.56. The van der Waals surface area contributed by atoms with Crippen molar-refractivity contribution < 1.29 is 24.2 Å². The molecule has 7 unspecified atom stereocenters. The van der Waals surface area contributed by atoms with Gasteiger partial charge < -0.3 is 14.6 Å². The number of carbonyl (C=O) groups is 2. The zero-order valence-electron chi connectivity index (χ0n) is 15.6. The summed E-state index contributed by atoms with van der Waals surface area (Å²) in [5, 5.41) is 11.1. The third-order valence-corrected chi connectivity index (χ3v) is 6.44. The maximum absolute atomic E-state index is 12.3. The van der Waals surface area contributed by atoms with Gasteiger partial charge in [0.1, 0.15) is 12.2 Å². The van der Waals surface area contributed by atoms with Gasteiger partial charge in [0.15, 0.2) is 0 Å². The quantitative estimate of drug-likeness (QED) is 0.472. The van der Waals surface area contributed by atoms with E-state index in [4.69, 9.17) is 9.47 Å². The van der Waals surface area contributed by atoms with Crippen LogP contribution in [-0.2, 0) is 19.1 Å². The highest BCUT2D eigenvalue weighted by Crippen LogP contribution is 2.53. The number of hydrogen-bond donors (Lipinski definition) is 1. The summed E-state index contributed by atoms with van der Waals surface area (Å²) >= 11 is 0. The van der Waals surface area contributed by atoms with Crippen LogP contribution in [0.15, 0.2) is 23.3 Å². The Morgan fingerprint density at radius 2 is 2.16 bits per heavy atom. The van der Waals surface area contributed by atoms with E-state index < -0.39 is 17.7 Å². The molecule has 0 radical (unpaired) electrons. The van der Waals surface area contributed by atoms with Gasteiger partial charge in [-0.05, 0) is 34.1 Å². The van der Waals surface area contributed by atoms with E-state index >= 15 is 0 Å². The van der Waals surface area contributed by atoms with Crippen molar-refractivity contribution in [1.82, 2.24) is 0 Å². The first-order valence-corrected chi connectivity index (χ1v) is 9.10. The van der Waals surface area contributed by atoms with E-state index in [1.807, 2.05) is 20.8 Å². The lowest BCUT2D eigenvalue weighted by Crippen LogP contribution is -2.40. The Bertz CT molecular complexity index is 644. The molecule has 1 aliphatic heterocycles. The molecule has 1 saturated carbocycles. The number of fused-ring (bicyclic) bond motifs is 3. The maximum atomic E-state index is 12.3. The fourth-order valence-electron chi connectivity index (χ4n) is 4.81. The van der Waals surface area contributed by atoms with Crippen molar-refractivity contribution in [1.29, 1.82) is 0 Å². The van der Waals surface area contributed by atoms with Crippen molar-refractivity contribution >= 4 is 11.9 Å². The molecule has 0 spiro atoms. The van der Waals surface area contributed by atoms with Crippen LogP contribution < -0.4 is 0 Å². The summed E-state index contributed by atoms with van der Waals surface area (Å²) in [5.74, 6) is -1.25. The molecule has 7 atom stereocenters. The highest BCUT2D eigenvalue weighted by molar-refractivity contribution is 5.87. The van der Waals surface area contributed by atoms with Gasteiger partial charge in [-0.15, -0.1) is 0 Å². The van der Waals surface area contributed by atoms with Gasteiger partial charge in [-0.1, -0.05) is 24.6 Å². The Hall–Kier alpha value is -1.62. The minimum absolute atomic E-state index is 0.0135. The molecule has 2 fully saturated rings. The van der Waals surface area contributed by atoms with Crippen LogP contribution in [0.25, 0.3) is 0 Å². The van der Waals surface area contributed by atoms with E-state index in [1.54, 1.807) is 19.9 Å². The molecule has 0 amide bonds. The van der Waals surface area contributed by atoms with E-state index in [2.05, 4.69) is 6.08 Å². The van der Waals surface area contributed by atoms with E-state index in [0.29, 0.717) is 12.0 Å². The fraction of sp³-hybridized carbons (Fsp3) is 0.700. The average molecular weight is 348 g/mol. The largest absolute Gasteiger partial charge is 0.461 e. The molecule has 0 aromatic rings. The Morgan fingerprint density at radius 3 is 2.80 bits per heavy atom. The molecule has 1 N–H and O–H groups in total. The van der Waals surface area contributed by atoms with Crippen LogP contribution in [0.4, 0.5) is 0 Å². The Morgan fingerprint density at radius 1 is 1.48 bits per heavy atom. The molecule has 0 bridgehead atoms. The highest BCUT2D eigenvalue weighted by atomic mass is 16.6. The molecular weight excluding hydrogens is 320 g/mol. The average Bonchev–Trinajstić information content (AvgIpc) is 3.03. The van der Waals surface area contributed by atoms with Crippen LogP contribution in [0.5, 0.6) is 0 Å². The molecule has 1 saturated heterocycles. The lowest BCUT2D eigenvalue weighted by Gasteiger charge is -2.34. The number of ether oxygens (including phenoxy) is 2. The van der Waals surface area contributed by atoms with Gasteiger partial charge in [0.25, 0.3) is 0 Å². The third kappa shape index (κ3) is 2.92. The molecule has 2 aliphatic carbocycles. The van der Waals surface area contributed by atoms with Gasteiger partial charge in [-0.2, -0.15) is 0 Å². The predicted molar refractivity (Wildman–Crippen MR) is 92.4 cm³/mol. The number of aliphatic hydroxyl groups is 1. The van der Waals surface area contributed by atoms with Crippen molar-refractivity contribution in [2.45, 2.75) is 65.3 Å². The minimum Gasteiger partial charge on any atom is -0.461 e. The van der Waals surface area contributed by atoms with Crippen molar-refractivity contribution in [2.75, 3.05) is 0 Å². The predicted octanol–water partition coefficient (Wildman–Crippen LogP) is 2.78. The topological polar surface area (TPSA) is 72.8 Å². The van der Waals surface area contributed by atoms with E-state index in [-0.39, 0.29) is 35.7 Å². The summed E-state index contributed by atoms with van der Waals surface area (Å²) in [6.07, 6.45) is 4.03. The van der Waals surface area contributed by atoms with Crippen LogP contribution in [0.1, 0.15) is 47.5 Å². The second-order valence-electron chi connectivity index (χ2n) is 8.06. The number of hydrogen-bond acceptors (Lipinski definition) is 5. The number of allylic oxidation sites excluding steroid dienone is 2. The lowest BCUT2D eigenvalue weighted by molar-refractivity contribution is -0.152. The fourth-order valence-corrected chi connectivity index (χ4v) is 4.81. The monoisotopic (exact) mass is 348 g/mol. The summed E-state index contributed by atoms with van der Waals surface area (Å²) in [4.78, 5) is 24.6. The van der Waals surface area contributed by atoms with Gasteiger partial charge in [0, 0.05) is 29.7 Å². The van der Waals surface area contributed by atoms with Gasteiger partial charge in [0.2, 0.25) is 0 Å². The van der Waals surface area contributed by atoms with Crippen LogP contribution in [0.3, 0.4) is 0 Å². The Balaban J connectivity index is 1.99. The first kappa shape index (κ1) is 18.2. The summed E-state index contributed by atoms with van der Waals surface area (Å²) < 4.78 is 11.5. The molecule has 0 aromatic carbocycles. The van der Waals surface area contributed by atoms with Crippen molar-refractivity contribution in [3.63, 3.8) is 0 Å². The van der Waals surface area contributed by atoms with Crippen molar-refractivity contribution in [3.8, 4) is 0 Å². The minimum atomic E-state index is -0.982. The van der Waals surface area contributed by atoms with E-state index in [1.165, 1.54) is 0 Å². The zero-order valence-corrected chi connectivity index (χ0v) is 15.6. The smallest absolute Gasteiger partial charge is 0.333 e. The lowest BCUT2D eigenvalue weighted by atomic mass is 9.76. The van der Waals surface area contributed by atoms with Crippen LogP contribution in [0.2, 0.25) is 0 Å². The SMILES string of the molecule is C/C=C(\C)C(=O)OC1CC(C)(O)C2CC=C(C)C2C2OC(=O)C(C)C12. The van der Waals surface area contributed by atoms with Crippen molar-refractivity contribution in [2.24, 2.45) is 23.7 Å². The molecule has 138 valence electrons. The summed E-state index contributed by atoms with van der Waals surface area (Å²) in [7, 11) is 0. The van der Waals surface area contributed by atoms with Gasteiger partial charge in [0.05, 0.1) is 11.5 Å². The second kappa shape index (κ2) is 6.27. The van der Waals surface area contributed by atoms with Crippen molar-refractivity contribution in [3.05, 3.63) is 23.3 Å². The molecule has 5 heteroatoms. The maximum Gasteiger partial charge on any atom is 0.333 e. The molecule has 3 aliphatic rings. The summed E-state index contributed by atoms with van der Waals surface area (Å²) in [6.45, 7) is 9.17. The standard InChI is InChI=1S/C20H28O5/c1-6-10(2)18(21)24-14-9-20(5,23)13-8-7-11(3)15(13)17-16(14)12(4)19(22)25-17/h6-7,12-17,23H,8-9H2,1-5H3/b10-6+. The summed E-state index contributed by atoms with van der Waals surface area (Å²) in [5.41, 5.74) is 0.692. The van der Waals surface area contributed by atoms with Gasteiger partial charge in [-0.3, -0.25) is 4.79 Å². The number of esters is 2. The zero-order chi connectivity index (χ0) is 18.5. The van der Waals surface area contributed by atoms with Crippen LogP contribution in [-0.4, -0.2) is 34.9 Å². The first-order valence-electron chi connectivity index (χ1n) is 9.10. The molecule has 3 rings (SSSR count). The molecule has 1 heterocycles. The van der Waals surface area contributed by atoms with Gasteiger partial charge >= 0.3 is 11.9 Å². The first-order chi connectivity index (χ1) is 11.7. The molecule has 5 nitrogen and oxygen atoms in total. The molecule has 0 aromatic heterocycles. The highest BCUT2D eigenvalue weighted by Gasteiger charge is 2.59. The summed E-state index contributed by atoms with van der Waals surface area (Å²) in [6, 6.07) is 0. The van der Waals surface area contributed by atoms with E-state index in [9.17, 15) is 14.7 Å². The second-order valence-corrected chi connectivity index (χ2v) is 8.06. The third-order valence-electron chi connectivity index (χ3n) is 6.44. The van der Waals surface area contributed by atoms with Crippen LogP contribution >= 0.6 is 0 Å². The normalized spacial score (nSPS) is 43.7. The Labute approximate surface area is 149 Å². The number of carbonyl (C=O) groups excluding carboxylic acids is 2. The molecule has 25 heavy (non-hydrogen) atoms. The molecular formula is C20H28O5. The number of rotatable bonds is 2. The van der Waals surface area contributed by atoms with E-state index in [0.717, 1.165) is 12.0 Å². The van der Waals surface area contributed by atoms with Gasteiger partial charge in [-0.25, -0.2) is 4.79 Å². The van der Waals surface area contributed by atoms with Crippen LogP contribution in [0, 0.1) is 23.7 Å².